The summed E-state index contributed by atoms with van der Waals surface area (Å²) in [6.45, 7) is 3.92. The summed E-state index contributed by atoms with van der Waals surface area (Å²) in [5.41, 5.74) is 4.34. The van der Waals surface area contributed by atoms with Crippen LogP contribution in [0.4, 0.5) is 11.5 Å². The molecule has 5 rings (SSSR count). The number of amides is 1. The maximum Gasteiger partial charge on any atom is 0.257 e. The molecule has 9 nitrogen and oxygen atoms in total. The molecule has 9 heteroatoms. The SMILES string of the molecule is Cc1cncc(C(=O)Nc2cccc([C@H](C)Nc3cnc4cn(-c5ccccn5)nc4n3)c2)c1. The van der Waals surface area contributed by atoms with Crippen molar-refractivity contribution in [1.82, 2.24) is 29.7 Å². The zero-order chi connectivity index (χ0) is 23.5. The number of carbonyl (C=O) groups is 1. The molecule has 0 saturated carbocycles. The maximum absolute atomic E-state index is 12.6. The fraction of sp³-hybridized carbons (Fsp3) is 0.120. The number of hydrogen-bond donors (Lipinski definition) is 2. The molecule has 0 spiro atoms. The van der Waals surface area contributed by atoms with E-state index in [2.05, 4.69) is 35.7 Å². The van der Waals surface area contributed by atoms with Gasteiger partial charge in [0.2, 0.25) is 5.65 Å². The van der Waals surface area contributed by atoms with Crippen molar-refractivity contribution in [3.8, 4) is 5.82 Å². The van der Waals surface area contributed by atoms with Crippen LogP contribution in [0.5, 0.6) is 0 Å². The van der Waals surface area contributed by atoms with Gasteiger partial charge in [0.05, 0.1) is 24.0 Å². The number of pyridine rings is 2. The Morgan fingerprint density at radius 2 is 1.94 bits per heavy atom. The molecule has 0 aliphatic heterocycles. The van der Waals surface area contributed by atoms with E-state index in [1.807, 2.05) is 56.3 Å². The average molecular weight is 451 g/mol. The molecule has 1 amide bonds. The minimum Gasteiger partial charge on any atom is -0.362 e. The fourth-order valence-corrected chi connectivity index (χ4v) is 3.55. The number of aromatic nitrogens is 6. The highest BCUT2D eigenvalue weighted by Gasteiger charge is 2.12. The Balaban J connectivity index is 1.31. The summed E-state index contributed by atoms with van der Waals surface area (Å²) < 4.78 is 1.66. The predicted octanol–water partition coefficient (Wildman–Crippen LogP) is 4.34. The van der Waals surface area contributed by atoms with Crippen LogP contribution in [0.2, 0.25) is 0 Å². The van der Waals surface area contributed by atoms with Gasteiger partial charge in [-0.2, -0.15) is 0 Å². The summed E-state index contributed by atoms with van der Waals surface area (Å²) in [7, 11) is 0. The van der Waals surface area contributed by atoms with Crippen LogP contribution in [0.1, 0.15) is 34.5 Å². The van der Waals surface area contributed by atoms with Crippen molar-refractivity contribution < 1.29 is 4.79 Å². The first kappa shape index (κ1) is 21.2. The van der Waals surface area contributed by atoms with E-state index in [1.165, 1.54) is 0 Å². The van der Waals surface area contributed by atoms with E-state index in [1.54, 1.807) is 41.7 Å². The van der Waals surface area contributed by atoms with Crippen LogP contribution in [0.25, 0.3) is 17.0 Å². The lowest BCUT2D eigenvalue weighted by molar-refractivity contribution is 0.102. The standard InChI is InChI=1S/C25H22N8O/c1-16-10-19(13-26-12-16)25(34)30-20-7-5-6-18(11-20)17(2)29-22-14-28-21-15-33(32-24(21)31-22)23-8-3-4-9-27-23/h3-15,17H,1-2H3,(H,30,34)(H,29,31,32)/t17-/m0/s1. The highest BCUT2D eigenvalue weighted by atomic mass is 16.1. The van der Waals surface area contributed by atoms with E-state index in [-0.39, 0.29) is 11.9 Å². The van der Waals surface area contributed by atoms with Crippen LogP contribution in [0.3, 0.4) is 0 Å². The van der Waals surface area contributed by atoms with Crippen LogP contribution >= 0.6 is 0 Å². The number of rotatable bonds is 6. The number of benzene rings is 1. The Morgan fingerprint density at radius 1 is 1.03 bits per heavy atom. The second-order valence-electron chi connectivity index (χ2n) is 7.92. The Hall–Kier alpha value is -4.66. The van der Waals surface area contributed by atoms with Gasteiger partial charge >= 0.3 is 0 Å². The molecule has 1 atom stereocenters. The summed E-state index contributed by atoms with van der Waals surface area (Å²) in [5, 5.41) is 10.8. The monoisotopic (exact) mass is 450 g/mol. The Morgan fingerprint density at radius 3 is 2.76 bits per heavy atom. The number of nitrogens with one attached hydrogen (secondary N) is 2. The van der Waals surface area contributed by atoms with Gasteiger partial charge in [0.1, 0.15) is 11.3 Å². The molecule has 168 valence electrons. The topological polar surface area (TPSA) is 111 Å². The second kappa shape index (κ2) is 9.07. The molecule has 34 heavy (non-hydrogen) atoms. The van der Waals surface area contributed by atoms with Crippen LogP contribution in [0, 0.1) is 6.92 Å². The summed E-state index contributed by atoms with van der Waals surface area (Å²) in [4.78, 5) is 30.0. The van der Waals surface area contributed by atoms with E-state index < -0.39 is 0 Å². The van der Waals surface area contributed by atoms with Gasteiger partial charge in [0, 0.05) is 24.3 Å². The van der Waals surface area contributed by atoms with Crippen molar-refractivity contribution in [2.24, 2.45) is 0 Å². The molecule has 2 N–H and O–H groups in total. The summed E-state index contributed by atoms with van der Waals surface area (Å²) >= 11 is 0. The number of anilines is 2. The number of carbonyl (C=O) groups excluding carboxylic acids is 1. The van der Waals surface area contributed by atoms with Gasteiger partial charge < -0.3 is 10.6 Å². The molecule has 0 aliphatic rings. The quantitative estimate of drug-likeness (QED) is 0.396. The first-order chi connectivity index (χ1) is 16.5. The third-order valence-corrected chi connectivity index (χ3v) is 5.26. The molecule has 0 radical (unpaired) electrons. The Kier molecular flexibility index (Phi) is 5.65. The molecule has 0 aliphatic carbocycles. The van der Waals surface area contributed by atoms with E-state index >= 15 is 0 Å². The number of nitrogens with zero attached hydrogens (tertiary/aromatic N) is 6. The first-order valence-electron chi connectivity index (χ1n) is 10.8. The third kappa shape index (κ3) is 4.58. The minimum absolute atomic E-state index is 0.0814. The van der Waals surface area contributed by atoms with Gasteiger partial charge in [-0.3, -0.25) is 9.78 Å². The van der Waals surface area contributed by atoms with Crippen molar-refractivity contribution >= 4 is 28.6 Å². The molecule has 1 aromatic carbocycles. The van der Waals surface area contributed by atoms with Crippen LogP contribution in [-0.2, 0) is 0 Å². The van der Waals surface area contributed by atoms with E-state index in [0.29, 0.717) is 34.1 Å². The summed E-state index contributed by atoms with van der Waals surface area (Å²) in [5.74, 6) is 1.10. The van der Waals surface area contributed by atoms with Gasteiger partial charge in [-0.05, 0) is 55.3 Å². The van der Waals surface area contributed by atoms with Gasteiger partial charge in [0.25, 0.3) is 5.91 Å². The molecule has 0 fully saturated rings. The van der Waals surface area contributed by atoms with Gasteiger partial charge in [-0.25, -0.2) is 19.6 Å². The average Bonchev–Trinajstić information content (AvgIpc) is 3.28. The van der Waals surface area contributed by atoms with Gasteiger partial charge in [0.15, 0.2) is 5.82 Å². The van der Waals surface area contributed by atoms with Gasteiger partial charge in [-0.1, -0.05) is 18.2 Å². The van der Waals surface area contributed by atoms with Crippen LogP contribution in [-0.4, -0.2) is 35.6 Å². The Labute approximate surface area is 195 Å². The number of aryl methyl sites for hydroxylation is 1. The molecule has 4 aromatic heterocycles. The van der Waals surface area contributed by atoms with Crippen molar-refractivity contribution in [2.45, 2.75) is 19.9 Å². The van der Waals surface area contributed by atoms with E-state index in [0.717, 1.165) is 11.1 Å². The third-order valence-electron chi connectivity index (χ3n) is 5.26. The fourth-order valence-electron chi connectivity index (χ4n) is 3.55. The number of fused-ring (bicyclic) bond motifs is 1. The highest BCUT2D eigenvalue weighted by molar-refractivity contribution is 6.04. The zero-order valence-electron chi connectivity index (χ0n) is 18.7. The lowest BCUT2D eigenvalue weighted by Crippen LogP contribution is -2.13. The highest BCUT2D eigenvalue weighted by Crippen LogP contribution is 2.22. The first-order valence-corrected chi connectivity index (χ1v) is 10.8. The largest absolute Gasteiger partial charge is 0.362 e. The van der Waals surface area contributed by atoms with Crippen molar-refractivity contribution in [3.63, 3.8) is 0 Å². The normalized spacial score (nSPS) is 11.8. The molecule has 0 unspecified atom stereocenters. The Bertz CT molecular complexity index is 1460. The van der Waals surface area contributed by atoms with Crippen molar-refractivity contribution in [2.75, 3.05) is 10.6 Å². The van der Waals surface area contributed by atoms with E-state index in [4.69, 9.17) is 0 Å². The molecular weight excluding hydrogens is 428 g/mol. The predicted molar refractivity (Wildman–Crippen MR) is 130 cm³/mol. The second-order valence-corrected chi connectivity index (χ2v) is 7.92. The molecule has 5 aromatic rings. The number of hydrogen-bond acceptors (Lipinski definition) is 7. The molecular formula is C25H22N8O. The summed E-state index contributed by atoms with van der Waals surface area (Å²) in [6.07, 6.45) is 8.47. The molecule has 0 bridgehead atoms. The molecule has 4 heterocycles. The van der Waals surface area contributed by atoms with E-state index in [9.17, 15) is 4.79 Å². The van der Waals surface area contributed by atoms with Crippen molar-refractivity contribution in [3.05, 3.63) is 96.2 Å². The lowest BCUT2D eigenvalue weighted by atomic mass is 10.1. The minimum atomic E-state index is -0.200. The smallest absolute Gasteiger partial charge is 0.257 e. The maximum atomic E-state index is 12.6. The summed E-state index contributed by atoms with van der Waals surface area (Å²) in [6, 6.07) is 15.0. The van der Waals surface area contributed by atoms with Gasteiger partial charge in [-0.15, -0.1) is 5.10 Å². The van der Waals surface area contributed by atoms with Crippen LogP contribution < -0.4 is 10.6 Å². The van der Waals surface area contributed by atoms with Crippen LogP contribution in [0.15, 0.2) is 79.5 Å². The molecule has 0 saturated heterocycles. The van der Waals surface area contributed by atoms with Crippen molar-refractivity contribution in [1.29, 1.82) is 0 Å². The zero-order valence-corrected chi connectivity index (χ0v) is 18.7. The lowest BCUT2D eigenvalue weighted by Gasteiger charge is -2.16.